The molecule has 8 heteroatoms. The van der Waals surface area contributed by atoms with Gasteiger partial charge in [0.05, 0.1) is 4.92 Å². The van der Waals surface area contributed by atoms with Crippen molar-refractivity contribution in [3.63, 3.8) is 0 Å². The second kappa shape index (κ2) is 5.27. The molecule has 1 aliphatic heterocycles. The molecule has 0 unspecified atom stereocenters. The van der Waals surface area contributed by atoms with Crippen LogP contribution in [0.3, 0.4) is 0 Å². The van der Waals surface area contributed by atoms with Gasteiger partial charge in [-0.1, -0.05) is 6.42 Å². The van der Waals surface area contributed by atoms with Gasteiger partial charge in [-0.2, -0.15) is 5.10 Å². The van der Waals surface area contributed by atoms with Gasteiger partial charge in [-0.15, -0.1) is 10.2 Å². The Labute approximate surface area is 121 Å². The number of aryl methyl sites for hydroxylation is 2. The summed E-state index contributed by atoms with van der Waals surface area (Å²) in [5.74, 6) is 1.83. The smallest absolute Gasteiger partial charge is 0.309 e. The number of fused-ring (bicyclic) bond motifs is 1. The maximum absolute atomic E-state index is 10.9. The Morgan fingerprint density at radius 3 is 2.86 bits per heavy atom. The van der Waals surface area contributed by atoms with E-state index in [2.05, 4.69) is 19.9 Å². The van der Waals surface area contributed by atoms with E-state index >= 15 is 0 Å². The van der Waals surface area contributed by atoms with E-state index in [-0.39, 0.29) is 11.7 Å². The fourth-order valence-electron chi connectivity index (χ4n) is 2.78. The molecule has 21 heavy (non-hydrogen) atoms. The van der Waals surface area contributed by atoms with E-state index in [0.717, 1.165) is 37.5 Å². The third kappa shape index (κ3) is 2.41. The van der Waals surface area contributed by atoms with Gasteiger partial charge in [0.15, 0.2) is 5.82 Å². The molecule has 0 saturated carbocycles. The molecule has 0 saturated heterocycles. The van der Waals surface area contributed by atoms with Crippen molar-refractivity contribution >= 4 is 5.69 Å². The van der Waals surface area contributed by atoms with Gasteiger partial charge in [0.2, 0.25) is 0 Å². The molecular formula is C13H18N6O2. The van der Waals surface area contributed by atoms with Crippen molar-refractivity contribution in [1.82, 2.24) is 24.5 Å². The SMILES string of the molecule is Cc1nn([C@H](C)c2nnc3n2CCCCC3)cc1[N+](=O)[O-]. The summed E-state index contributed by atoms with van der Waals surface area (Å²) < 4.78 is 3.75. The molecule has 0 amide bonds. The van der Waals surface area contributed by atoms with Gasteiger partial charge in [0.25, 0.3) is 0 Å². The van der Waals surface area contributed by atoms with Crippen molar-refractivity contribution in [1.29, 1.82) is 0 Å². The highest BCUT2D eigenvalue weighted by molar-refractivity contribution is 5.31. The van der Waals surface area contributed by atoms with Crippen LogP contribution in [0.2, 0.25) is 0 Å². The lowest BCUT2D eigenvalue weighted by Crippen LogP contribution is -2.15. The molecule has 0 aromatic carbocycles. The summed E-state index contributed by atoms with van der Waals surface area (Å²) in [6.45, 7) is 4.49. The fraction of sp³-hybridized carbons (Fsp3) is 0.615. The predicted octanol–water partition coefficient (Wildman–Crippen LogP) is 2.03. The summed E-state index contributed by atoms with van der Waals surface area (Å²) >= 11 is 0. The van der Waals surface area contributed by atoms with E-state index in [0.29, 0.717) is 5.69 Å². The maximum atomic E-state index is 10.9. The summed E-state index contributed by atoms with van der Waals surface area (Å²) in [6.07, 6.45) is 5.86. The first-order valence-corrected chi connectivity index (χ1v) is 7.20. The number of nitrogens with zero attached hydrogens (tertiary/aromatic N) is 6. The zero-order chi connectivity index (χ0) is 15.0. The first kappa shape index (κ1) is 13.7. The third-order valence-corrected chi connectivity index (χ3v) is 4.00. The number of hydrogen-bond donors (Lipinski definition) is 0. The lowest BCUT2D eigenvalue weighted by molar-refractivity contribution is -0.385. The van der Waals surface area contributed by atoms with Gasteiger partial charge < -0.3 is 4.57 Å². The van der Waals surface area contributed by atoms with Crippen molar-refractivity contribution in [2.45, 2.75) is 52.1 Å². The standard InChI is InChI=1S/C13H18N6O2/c1-9-11(19(20)21)8-18(16-9)10(2)13-15-14-12-6-4-3-5-7-17(12)13/h8,10H,3-7H2,1-2H3/t10-/m1/s1. The molecule has 1 atom stereocenters. The van der Waals surface area contributed by atoms with Crippen LogP contribution in [0, 0.1) is 17.0 Å². The minimum atomic E-state index is -0.407. The van der Waals surface area contributed by atoms with Crippen LogP contribution in [-0.2, 0) is 13.0 Å². The van der Waals surface area contributed by atoms with Crippen LogP contribution in [0.1, 0.15) is 49.6 Å². The van der Waals surface area contributed by atoms with Crippen molar-refractivity contribution < 1.29 is 4.92 Å². The van der Waals surface area contributed by atoms with Gasteiger partial charge in [-0.3, -0.25) is 14.8 Å². The Hall–Kier alpha value is -2.25. The largest absolute Gasteiger partial charge is 0.313 e. The Morgan fingerprint density at radius 1 is 1.33 bits per heavy atom. The minimum Gasteiger partial charge on any atom is -0.313 e. The van der Waals surface area contributed by atoms with E-state index in [9.17, 15) is 10.1 Å². The highest BCUT2D eigenvalue weighted by Crippen LogP contribution is 2.24. The van der Waals surface area contributed by atoms with Crippen LogP contribution >= 0.6 is 0 Å². The average Bonchev–Trinajstić information content (AvgIpc) is 2.95. The Balaban J connectivity index is 1.95. The second-order valence-electron chi connectivity index (χ2n) is 5.45. The van der Waals surface area contributed by atoms with Crippen LogP contribution in [0.4, 0.5) is 5.69 Å². The highest BCUT2D eigenvalue weighted by atomic mass is 16.6. The normalized spacial score (nSPS) is 16.3. The molecule has 0 radical (unpaired) electrons. The molecule has 0 bridgehead atoms. The molecule has 2 aromatic heterocycles. The number of rotatable bonds is 3. The molecule has 3 heterocycles. The molecule has 112 valence electrons. The van der Waals surface area contributed by atoms with Crippen LogP contribution in [0.25, 0.3) is 0 Å². The van der Waals surface area contributed by atoms with E-state index in [1.807, 2.05) is 6.92 Å². The van der Waals surface area contributed by atoms with Crippen molar-refractivity contribution in [2.75, 3.05) is 0 Å². The summed E-state index contributed by atoms with van der Waals surface area (Å²) in [5.41, 5.74) is 0.458. The molecule has 8 nitrogen and oxygen atoms in total. The van der Waals surface area contributed by atoms with Crippen molar-refractivity contribution in [3.8, 4) is 0 Å². The minimum absolute atomic E-state index is 0.0393. The molecule has 0 aliphatic carbocycles. The third-order valence-electron chi connectivity index (χ3n) is 4.00. The zero-order valence-electron chi connectivity index (χ0n) is 12.2. The maximum Gasteiger partial charge on any atom is 0.309 e. The van der Waals surface area contributed by atoms with Crippen LogP contribution < -0.4 is 0 Å². The van der Waals surface area contributed by atoms with Gasteiger partial charge in [0, 0.05) is 13.0 Å². The molecule has 3 rings (SSSR count). The van der Waals surface area contributed by atoms with E-state index in [1.165, 1.54) is 12.6 Å². The summed E-state index contributed by atoms with van der Waals surface area (Å²) in [7, 11) is 0. The molecule has 1 aliphatic rings. The van der Waals surface area contributed by atoms with Crippen LogP contribution in [0.5, 0.6) is 0 Å². The van der Waals surface area contributed by atoms with Gasteiger partial charge in [-0.25, -0.2) is 0 Å². The second-order valence-corrected chi connectivity index (χ2v) is 5.45. The number of aromatic nitrogens is 5. The van der Waals surface area contributed by atoms with E-state index in [4.69, 9.17) is 0 Å². The lowest BCUT2D eigenvalue weighted by atomic mass is 10.2. The van der Waals surface area contributed by atoms with Crippen molar-refractivity contribution in [2.24, 2.45) is 0 Å². The summed E-state index contributed by atoms with van der Waals surface area (Å²) in [6, 6.07) is -0.170. The first-order chi connectivity index (χ1) is 10.1. The molecule has 2 aromatic rings. The molecular weight excluding hydrogens is 272 g/mol. The molecule has 0 spiro atoms. The monoisotopic (exact) mass is 290 g/mol. The number of nitro groups is 1. The van der Waals surface area contributed by atoms with Crippen LogP contribution in [-0.4, -0.2) is 29.5 Å². The van der Waals surface area contributed by atoms with Gasteiger partial charge in [0.1, 0.15) is 23.8 Å². The summed E-state index contributed by atoms with van der Waals surface area (Å²) in [5, 5.41) is 23.7. The lowest BCUT2D eigenvalue weighted by Gasteiger charge is -2.13. The predicted molar refractivity (Wildman–Crippen MR) is 75.0 cm³/mol. The fourth-order valence-corrected chi connectivity index (χ4v) is 2.78. The highest BCUT2D eigenvalue weighted by Gasteiger charge is 2.24. The van der Waals surface area contributed by atoms with E-state index < -0.39 is 4.92 Å². The molecule has 0 N–H and O–H groups in total. The zero-order valence-corrected chi connectivity index (χ0v) is 12.2. The van der Waals surface area contributed by atoms with Crippen LogP contribution in [0.15, 0.2) is 6.20 Å². The topological polar surface area (TPSA) is 91.7 Å². The summed E-state index contributed by atoms with van der Waals surface area (Å²) in [4.78, 5) is 10.5. The van der Waals surface area contributed by atoms with Gasteiger partial charge >= 0.3 is 5.69 Å². The Bertz CT molecular complexity index is 674. The van der Waals surface area contributed by atoms with Crippen molar-refractivity contribution in [3.05, 3.63) is 33.7 Å². The molecule has 0 fully saturated rings. The average molecular weight is 290 g/mol. The van der Waals surface area contributed by atoms with Gasteiger partial charge in [-0.05, 0) is 26.7 Å². The Kier molecular flexibility index (Phi) is 3.44. The Morgan fingerprint density at radius 2 is 2.14 bits per heavy atom. The first-order valence-electron chi connectivity index (χ1n) is 7.20. The number of hydrogen-bond acceptors (Lipinski definition) is 5. The van der Waals surface area contributed by atoms with E-state index in [1.54, 1.807) is 11.6 Å². The quantitative estimate of drug-likeness (QED) is 0.637.